The van der Waals surface area contributed by atoms with Gasteiger partial charge in [-0.3, -0.25) is 0 Å². The third-order valence-electron chi connectivity index (χ3n) is 6.13. The lowest BCUT2D eigenvalue weighted by Crippen LogP contribution is -2.44. The van der Waals surface area contributed by atoms with Gasteiger partial charge in [0.05, 0.1) is 17.3 Å². The summed E-state index contributed by atoms with van der Waals surface area (Å²) in [5.74, 6) is 2.26. The minimum atomic E-state index is -0.157. The first-order valence-corrected chi connectivity index (χ1v) is 7.25. The third kappa shape index (κ3) is 1.46. The molecule has 2 aliphatic carbocycles. The van der Waals surface area contributed by atoms with Crippen LogP contribution in [0.15, 0.2) is 0 Å². The molecule has 3 aliphatic rings. The Bertz CT molecular complexity index is 325. The molecule has 3 rings (SSSR count). The first kappa shape index (κ1) is 12.0. The molecule has 1 spiro atoms. The Kier molecular flexibility index (Phi) is 2.45. The molecule has 0 aromatic heterocycles. The van der Waals surface area contributed by atoms with Gasteiger partial charge in [-0.15, -0.1) is 0 Å². The van der Waals surface area contributed by atoms with Gasteiger partial charge in [-0.2, -0.15) is 0 Å². The Hall–Kier alpha value is -0.0800. The summed E-state index contributed by atoms with van der Waals surface area (Å²) < 4.78 is 6.56. The standard InChI is InChI=1S/C15H26O2/c1-9-5-6-11-8-15(17-14(11,3)4)10(2)13(16)7-12(9)15/h9-13,16H,5-8H2,1-4H3/t9-,10+,11-,12+,13-,15+/m0/s1. The van der Waals surface area contributed by atoms with E-state index >= 15 is 0 Å². The van der Waals surface area contributed by atoms with Gasteiger partial charge in [0.2, 0.25) is 0 Å². The van der Waals surface area contributed by atoms with Gasteiger partial charge in [-0.05, 0) is 57.3 Å². The Labute approximate surface area is 105 Å². The Morgan fingerprint density at radius 2 is 1.88 bits per heavy atom. The molecule has 2 heteroatoms. The van der Waals surface area contributed by atoms with E-state index in [9.17, 15) is 5.11 Å². The lowest BCUT2D eigenvalue weighted by atomic mass is 9.77. The molecular weight excluding hydrogens is 212 g/mol. The molecule has 2 bridgehead atoms. The number of hydrogen-bond acceptors (Lipinski definition) is 2. The van der Waals surface area contributed by atoms with Crippen LogP contribution in [0.25, 0.3) is 0 Å². The molecule has 2 saturated carbocycles. The highest BCUT2D eigenvalue weighted by Crippen LogP contribution is 2.61. The van der Waals surface area contributed by atoms with Crippen molar-refractivity contribution in [2.45, 2.75) is 70.7 Å². The third-order valence-corrected chi connectivity index (χ3v) is 6.13. The Balaban J connectivity index is 2.02. The summed E-state index contributed by atoms with van der Waals surface area (Å²) in [6.07, 6.45) is 4.58. The summed E-state index contributed by atoms with van der Waals surface area (Å²) >= 11 is 0. The maximum atomic E-state index is 10.2. The molecule has 17 heavy (non-hydrogen) atoms. The number of fused-ring (bicyclic) bond motifs is 1. The predicted molar refractivity (Wildman–Crippen MR) is 67.7 cm³/mol. The lowest BCUT2D eigenvalue weighted by Gasteiger charge is -2.40. The van der Waals surface area contributed by atoms with Gasteiger partial charge in [-0.1, -0.05) is 13.8 Å². The molecule has 2 nitrogen and oxygen atoms in total. The number of ether oxygens (including phenoxy) is 1. The van der Waals surface area contributed by atoms with Crippen molar-refractivity contribution in [3.05, 3.63) is 0 Å². The smallest absolute Gasteiger partial charge is 0.0775 e. The van der Waals surface area contributed by atoms with Crippen molar-refractivity contribution < 1.29 is 9.84 Å². The van der Waals surface area contributed by atoms with Crippen LogP contribution in [0.4, 0.5) is 0 Å². The summed E-state index contributed by atoms with van der Waals surface area (Å²) in [7, 11) is 0. The summed E-state index contributed by atoms with van der Waals surface area (Å²) in [5.41, 5.74) is -0.0137. The summed E-state index contributed by atoms with van der Waals surface area (Å²) in [6, 6.07) is 0. The fourth-order valence-electron chi connectivity index (χ4n) is 4.91. The van der Waals surface area contributed by atoms with Gasteiger partial charge >= 0.3 is 0 Å². The van der Waals surface area contributed by atoms with Crippen LogP contribution < -0.4 is 0 Å². The maximum absolute atomic E-state index is 10.2. The number of rotatable bonds is 0. The van der Waals surface area contributed by atoms with Gasteiger partial charge in [-0.25, -0.2) is 0 Å². The van der Waals surface area contributed by atoms with Crippen LogP contribution in [0.5, 0.6) is 0 Å². The molecule has 0 aromatic carbocycles. The van der Waals surface area contributed by atoms with E-state index in [0.29, 0.717) is 23.7 Å². The molecule has 1 heterocycles. The second-order valence-corrected chi connectivity index (χ2v) is 7.31. The van der Waals surface area contributed by atoms with Crippen LogP contribution in [-0.4, -0.2) is 22.4 Å². The van der Waals surface area contributed by atoms with Crippen molar-refractivity contribution in [1.29, 1.82) is 0 Å². The predicted octanol–water partition coefficient (Wildman–Crippen LogP) is 2.99. The van der Waals surface area contributed by atoms with Crippen molar-refractivity contribution in [2.75, 3.05) is 0 Å². The highest BCUT2D eigenvalue weighted by Gasteiger charge is 2.64. The number of aliphatic hydroxyl groups is 1. The van der Waals surface area contributed by atoms with Crippen LogP contribution >= 0.6 is 0 Å². The average molecular weight is 238 g/mol. The van der Waals surface area contributed by atoms with Crippen molar-refractivity contribution in [3.63, 3.8) is 0 Å². The fourth-order valence-corrected chi connectivity index (χ4v) is 4.91. The Morgan fingerprint density at radius 1 is 1.18 bits per heavy atom. The topological polar surface area (TPSA) is 29.5 Å². The van der Waals surface area contributed by atoms with Gasteiger partial charge < -0.3 is 9.84 Å². The minimum absolute atomic E-state index is 0.0106. The molecule has 1 aliphatic heterocycles. The molecule has 1 saturated heterocycles. The lowest BCUT2D eigenvalue weighted by molar-refractivity contribution is -0.149. The van der Waals surface area contributed by atoms with Crippen LogP contribution in [0.2, 0.25) is 0 Å². The highest BCUT2D eigenvalue weighted by atomic mass is 16.5. The van der Waals surface area contributed by atoms with Crippen molar-refractivity contribution in [1.82, 2.24) is 0 Å². The largest absolute Gasteiger partial charge is 0.393 e. The van der Waals surface area contributed by atoms with E-state index in [0.717, 1.165) is 6.42 Å². The van der Waals surface area contributed by atoms with Gasteiger partial charge in [0.1, 0.15) is 0 Å². The second kappa shape index (κ2) is 3.48. The van der Waals surface area contributed by atoms with E-state index in [4.69, 9.17) is 4.74 Å². The zero-order chi connectivity index (χ0) is 12.4. The van der Waals surface area contributed by atoms with E-state index in [-0.39, 0.29) is 17.3 Å². The van der Waals surface area contributed by atoms with Crippen LogP contribution in [0.1, 0.15) is 53.4 Å². The van der Waals surface area contributed by atoms with Gasteiger partial charge in [0.25, 0.3) is 0 Å². The molecule has 6 atom stereocenters. The molecule has 0 radical (unpaired) electrons. The monoisotopic (exact) mass is 238 g/mol. The molecule has 1 N–H and O–H groups in total. The van der Waals surface area contributed by atoms with E-state index in [1.807, 2.05) is 0 Å². The zero-order valence-corrected chi connectivity index (χ0v) is 11.6. The average Bonchev–Trinajstić information content (AvgIpc) is 2.58. The van der Waals surface area contributed by atoms with E-state index in [2.05, 4.69) is 27.7 Å². The Morgan fingerprint density at radius 3 is 2.59 bits per heavy atom. The molecule has 98 valence electrons. The molecule has 3 fully saturated rings. The molecule has 0 aromatic rings. The fraction of sp³-hybridized carbons (Fsp3) is 1.00. The van der Waals surface area contributed by atoms with E-state index in [1.54, 1.807) is 0 Å². The number of hydrogen-bond donors (Lipinski definition) is 1. The summed E-state index contributed by atoms with van der Waals surface area (Å²) in [6.45, 7) is 9.04. The normalized spacial score (nSPS) is 56.6. The van der Waals surface area contributed by atoms with Gasteiger partial charge in [0.15, 0.2) is 0 Å². The maximum Gasteiger partial charge on any atom is 0.0775 e. The minimum Gasteiger partial charge on any atom is -0.393 e. The molecular formula is C15H26O2. The second-order valence-electron chi connectivity index (χ2n) is 7.31. The highest BCUT2D eigenvalue weighted by molar-refractivity contribution is 5.12. The van der Waals surface area contributed by atoms with Gasteiger partial charge in [0, 0.05) is 5.92 Å². The van der Waals surface area contributed by atoms with Crippen LogP contribution in [0, 0.1) is 23.7 Å². The number of aliphatic hydroxyl groups excluding tert-OH is 1. The van der Waals surface area contributed by atoms with Crippen molar-refractivity contribution in [2.24, 2.45) is 23.7 Å². The van der Waals surface area contributed by atoms with Crippen LogP contribution in [0.3, 0.4) is 0 Å². The van der Waals surface area contributed by atoms with E-state index in [1.165, 1.54) is 19.3 Å². The zero-order valence-electron chi connectivity index (χ0n) is 11.6. The van der Waals surface area contributed by atoms with Crippen molar-refractivity contribution in [3.8, 4) is 0 Å². The van der Waals surface area contributed by atoms with Crippen molar-refractivity contribution >= 4 is 0 Å². The summed E-state index contributed by atoms with van der Waals surface area (Å²) in [4.78, 5) is 0. The summed E-state index contributed by atoms with van der Waals surface area (Å²) in [5, 5.41) is 10.2. The SMILES string of the molecule is C[C@@H]1[C@@H](O)C[C@@H]2[C@@H](C)CC[C@H]3C[C@@]12OC3(C)C. The first-order valence-electron chi connectivity index (χ1n) is 7.25. The van der Waals surface area contributed by atoms with Crippen LogP contribution in [-0.2, 0) is 4.74 Å². The first-order chi connectivity index (χ1) is 7.87. The quantitative estimate of drug-likeness (QED) is 0.703. The molecule has 0 amide bonds. The molecule has 0 unspecified atom stereocenters. The van der Waals surface area contributed by atoms with E-state index < -0.39 is 0 Å².